The van der Waals surface area contributed by atoms with Crippen molar-refractivity contribution in [1.29, 1.82) is 0 Å². The molecule has 0 aromatic carbocycles. The number of esters is 1. The molecular weight excluding hydrogens is 166 g/mol. The number of hydrogen-bond donors (Lipinski definition) is 0. The summed E-state index contributed by atoms with van der Waals surface area (Å²) in [6.07, 6.45) is -0.452. The van der Waals surface area contributed by atoms with Crippen LogP contribution in [0.1, 0.15) is 20.3 Å². The molecule has 0 fully saturated rings. The molecule has 0 aliphatic heterocycles. The van der Waals surface area contributed by atoms with Gasteiger partial charge in [0.2, 0.25) is 5.92 Å². The topological polar surface area (TPSA) is 26.3 Å². The second-order valence-electron chi connectivity index (χ2n) is 2.74. The van der Waals surface area contributed by atoms with Crippen LogP contribution in [0.25, 0.3) is 0 Å². The Kier molecular flexibility index (Phi) is 3.86. The van der Waals surface area contributed by atoms with Crippen molar-refractivity contribution >= 4 is 5.97 Å². The van der Waals surface area contributed by atoms with E-state index < -0.39 is 18.3 Å². The monoisotopic (exact) mass is 178 g/mol. The molecule has 70 valence electrons. The average Bonchev–Trinajstić information content (AvgIpc) is 1.84. The lowest BCUT2D eigenvalue weighted by Crippen LogP contribution is -2.15. The van der Waals surface area contributed by atoms with E-state index in [0.717, 1.165) is 6.92 Å². The molecule has 0 aromatic heterocycles. The standard InChI is InChI=1S/C8H12F2O2/c1-6(2)7(11)12-5-4-8(3,9)10/h1,4-5H2,2-3H3. The Bertz CT molecular complexity index is 182. The Hall–Kier alpha value is -0.930. The number of carbonyl (C=O) groups is 1. The van der Waals surface area contributed by atoms with Crippen LogP contribution in [0.15, 0.2) is 12.2 Å². The molecule has 4 heteroatoms. The van der Waals surface area contributed by atoms with E-state index in [2.05, 4.69) is 11.3 Å². The maximum absolute atomic E-state index is 12.2. The lowest BCUT2D eigenvalue weighted by molar-refractivity contribution is -0.140. The largest absolute Gasteiger partial charge is 0.462 e. The Morgan fingerprint density at radius 1 is 1.58 bits per heavy atom. The van der Waals surface area contributed by atoms with Gasteiger partial charge in [-0.05, 0) is 13.8 Å². The van der Waals surface area contributed by atoms with Crippen LogP contribution in [0.5, 0.6) is 0 Å². The fraction of sp³-hybridized carbons (Fsp3) is 0.625. The molecule has 0 aliphatic carbocycles. The maximum Gasteiger partial charge on any atom is 0.333 e. The zero-order valence-electron chi connectivity index (χ0n) is 7.19. The zero-order chi connectivity index (χ0) is 9.78. The first-order valence-electron chi connectivity index (χ1n) is 3.53. The molecule has 0 amide bonds. The van der Waals surface area contributed by atoms with Gasteiger partial charge in [-0.15, -0.1) is 0 Å². The molecule has 2 nitrogen and oxygen atoms in total. The number of hydrogen-bond acceptors (Lipinski definition) is 2. The Labute approximate surface area is 70.2 Å². The number of ether oxygens (including phenoxy) is 1. The summed E-state index contributed by atoms with van der Waals surface area (Å²) in [6, 6.07) is 0. The molecule has 0 spiro atoms. The van der Waals surface area contributed by atoms with Gasteiger partial charge in [-0.3, -0.25) is 0 Å². The van der Waals surface area contributed by atoms with Crippen LogP contribution >= 0.6 is 0 Å². The van der Waals surface area contributed by atoms with Crippen LogP contribution in [-0.2, 0) is 9.53 Å². The van der Waals surface area contributed by atoms with Gasteiger partial charge in [0.1, 0.15) is 0 Å². The molecule has 0 aromatic rings. The summed E-state index contributed by atoms with van der Waals surface area (Å²) in [6.45, 7) is 5.28. The van der Waals surface area contributed by atoms with E-state index in [1.165, 1.54) is 6.92 Å². The predicted octanol–water partition coefficient (Wildman–Crippen LogP) is 2.15. The van der Waals surface area contributed by atoms with Crippen molar-refractivity contribution in [2.75, 3.05) is 6.61 Å². The minimum Gasteiger partial charge on any atom is -0.462 e. The van der Waals surface area contributed by atoms with Crippen molar-refractivity contribution in [1.82, 2.24) is 0 Å². The van der Waals surface area contributed by atoms with Crippen LogP contribution < -0.4 is 0 Å². The number of rotatable bonds is 4. The van der Waals surface area contributed by atoms with Crippen molar-refractivity contribution in [2.45, 2.75) is 26.2 Å². The fourth-order valence-electron chi connectivity index (χ4n) is 0.446. The first-order valence-corrected chi connectivity index (χ1v) is 3.53. The summed E-state index contributed by atoms with van der Waals surface area (Å²) >= 11 is 0. The molecule has 0 N–H and O–H groups in total. The molecule has 0 saturated heterocycles. The van der Waals surface area contributed by atoms with Gasteiger partial charge in [0.15, 0.2) is 0 Å². The third kappa shape index (κ3) is 5.82. The van der Waals surface area contributed by atoms with Crippen molar-refractivity contribution in [3.05, 3.63) is 12.2 Å². The van der Waals surface area contributed by atoms with Gasteiger partial charge in [0.25, 0.3) is 0 Å². The van der Waals surface area contributed by atoms with Crippen LogP contribution in [0.3, 0.4) is 0 Å². The maximum atomic E-state index is 12.2. The van der Waals surface area contributed by atoms with Crippen LogP contribution in [-0.4, -0.2) is 18.5 Å². The van der Waals surface area contributed by atoms with E-state index in [1.807, 2.05) is 0 Å². The zero-order valence-corrected chi connectivity index (χ0v) is 7.19. The molecule has 0 saturated carbocycles. The quantitative estimate of drug-likeness (QED) is 0.487. The van der Waals surface area contributed by atoms with Crippen LogP contribution in [0, 0.1) is 0 Å². The summed E-state index contributed by atoms with van der Waals surface area (Å²) < 4.78 is 28.8. The second kappa shape index (κ2) is 4.18. The summed E-state index contributed by atoms with van der Waals surface area (Å²) in [5.74, 6) is -3.41. The first-order chi connectivity index (χ1) is 5.33. The lowest BCUT2D eigenvalue weighted by atomic mass is 10.3. The van der Waals surface area contributed by atoms with Crippen molar-refractivity contribution in [3.8, 4) is 0 Å². The molecular formula is C8H12F2O2. The van der Waals surface area contributed by atoms with Crippen LogP contribution in [0.2, 0.25) is 0 Å². The third-order valence-electron chi connectivity index (χ3n) is 1.12. The molecule has 0 unspecified atom stereocenters. The van der Waals surface area contributed by atoms with Crippen molar-refractivity contribution in [2.24, 2.45) is 0 Å². The number of carbonyl (C=O) groups excluding carboxylic acids is 1. The Morgan fingerprint density at radius 2 is 2.08 bits per heavy atom. The molecule has 0 aliphatic rings. The van der Waals surface area contributed by atoms with E-state index in [9.17, 15) is 13.6 Å². The third-order valence-corrected chi connectivity index (χ3v) is 1.12. The van der Waals surface area contributed by atoms with Gasteiger partial charge in [-0.2, -0.15) is 0 Å². The molecule has 0 radical (unpaired) electrons. The van der Waals surface area contributed by atoms with Gasteiger partial charge < -0.3 is 4.74 Å². The Balaban J connectivity index is 3.58. The highest BCUT2D eigenvalue weighted by Gasteiger charge is 2.21. The normalized spacial score (nSPS) is 11.0. The molecule has 0 bridgehead atoms. The molecule has 0 heterocycles. The minimum atomic E-state index is -2.78. The van der Waals surface area contributed by atoms with Crippen molar-refractivity contribution in [3.63, 3.8) is 0 Å². The first kappa shape index (κ1) is 11.1. The second-order valence-corrected chi connectivity index (χ2v) is 2.74. The number of alkyl halides is 2. The van der Waals surface area contributed by atoms with E-state index in [1.54, 1.807) is 0 Å². The summed E-state index contributed by atoms with van der Waals surface area (Å²) in [4.78, 5) is 10.7. The SMILES string of the molecule is C=C(C)C(=O)OCCC(C)(F)F. The van der Waals surface area contributed by atoms with Crippen molar-refractivity contribution < 1.29 is 18.3 Å². The van der Waals surface area contributed by atoms with Gasteiger partial charge in [0, 0.05) is 12.0 Å². The molecule has 12 heavy (non-hydrogen) atoms. The Morgan fingerprint density at radius 3 is 2.42 bits per heavy atom. The predicted molar refractivity (Wildman–Crippen MR) is 41.0 cm³/mol. The van der Waals surface area contributed by atoms with Gasteiger partial charge in [0.05, 0.1) is 6.61 Å². The summed E-state index contributed by atoms with van der Waals surface area (Å²) in [5, 5.41) is 0. The fourth-order valence-corrected chi connectivity index (χ4v) is 0.446. The molecule has 0 rings (SSSR count). The molecule has 0 atom stereocenters. The van der Waals surface area contributed by atoms with Gasteiger partial charge >= 0.3 is 5.97 Å². The minimum absolute atomic E-state index is 0.217. The number of halogens is 2. The van der Waals surface area contributed by atoms with Gasteiger partial charge in [-0.1, -0.05) is 6.58 Å². The average molecular weight is 178 g/mol. The van der Waals surface area contributed by atoms with Gasteiger partial charge in [-0.25, -0.2) is 13.6 Å². The summed E-state index contributed by atoms with van der Waals surface area (Å²) in [5.41, 5.74) is 0.217. The van der Waals surface area contributed by atoms with E-state index in [-0.39, 0.29) is 12.2 Å². The summed E-state index contributed by atoms with van der Waals surface area (Å²) in [7, 11) is 0. The smallest absolute Gasteiger partial charge is 0.333 e. The van der Waals surface area contributed by atoms with Crippen LogP contribution in [0.4, 0.5) is 8.78 Å². The highest BCUT2D eigenvalue weighted by Crippen LogP contribution is 2.16. The highest BCUT2D eigenvalue weighted by molar-refractivity contribution is 5.86. The van der Waals surface area contributed by atoms with E-state index >= 15 is 0 Å². The van der Waals surface area contributed by atoms with E-state index in [4.69, 9.17) is 0 Å². The van der Waals surface area contributed by atoms with E-state index in [0.29, 0.717) is 0 Å². The lowest BCUT2D eigenvalue weighted by Gasteiger charge is -2.09. The highest BCUT2D eigenvalue weighted by atomic mass is 19.3.